The minimum absolute atomic E-state index is 0.0729. The average Bonchev–Trinajstić information content (AvgIpc) is 2.39. The lowest BCUT2D eigenvalue weighted by atomic mass is 9.82. The van der Waals surface area contributed by atoms with E-state index in [1.807, 2.05) is 24.3 Å². The summed E-state index contributed by atoms with van der Waals surface area (Å²) in [5, 5.41) is 10.3. The Morgan fingerprint density at radius 3 is 2.29 bits per heavy atom. The summed E-state index contributed by atoms with van der Waals surface area (Å²) in [7, 11) is 0. The van der Waals surface area contributed by atoms with Crippen LogP contribution in [0.1, 0.15) is 61.1 Å². The number of aliphatic hydroxyl groups is 1. The maximum atomic E-state index is 11.2. The Morgan fingerprint density at radius 1 is 1.18 bits per heavy atom. The van der Waals surface area contributed by atoms with Crippen molar-refractivity contribution in [2.24, 2.45) is 5.92 Å². The second-order valence-electron chi connectivity index (χ2n) is 5.02. The van der Waals surface area contributed by atoms with Crippen LogP contribution >= 0.6 is 0 Å². The largest absolute Gasteiger partial charge is 0.388 e. The van der Waals surface area contributed by atoms with Gasteiger partial charge in [0.25, 0.3) is 0 Å². The zero-order valence-corrected chi connectivity index (χ0v) is 10.4. The van der Waals surface area contributed by atoms with Crippen molar-refractivity contribution in [2.75, 3.05) is 0 Å². The van der Waals surface area contributed by atoms with Gasteiger partial charge in [-0.1, -0.05) is 43.5 Å². The van der Waals surface area contributed by atoms with Gasteiger partial charge in [0.2, 0.25) is 0 Å². The molecule has 0 aromatic heterocycles. The first kappa shape index (κ1) is 12.3. The topological polar surface area (TPSA) is 37.3 Å². The van der Waals surface area contributed by atoms with Crippen LogP contribution in [0.25, 0.3) is 0 Å². The zero-order valence-electron chi connectivity index (χ0n) is 10.4. The zero-order chi connectivity index (χ0) is 12.3. The van der Waals surface area contributed by atoms with Crippen molar-refractivity contribution in [3.05, 3.63) is 35.4 Å². The van der Waals surface area contributed by atoms with E-state index in [-0.39, 0.29) is 11.9 Å². The van der Waals surface area contributed by atoms with Gasteiger partial charge in [-0.3, -0.25) is 4.79 Å². The first-order valence-corrected chi connectivity index (χ1v) is 6.47. The summed E-state index contributed by atoms with van der Waals surface area (Å²) >= 11 is 0. The quantitative estimate of drug-likeness (QED) is 0.810. The number of aliphatic hydroxyl groups excluding tert-OH is 1. The van der Waals surface area contributed by atoms with Gasteiger partial charge in [-0.25, -0.2) is 0 Å². The third-order valence-electron chi connectivity index (χ3n) is 3.76. The fourth-order valence-electron chi connectivity index (χ4n) is 2.64. The highest BCUT2D eigenvalue weighted by Crippen LogP contribution is 2.34. The summed E-state index contributed by atoms with van der Waals surface area (Å²) in [4.78, 5) is 11.2. The number of carbonyl (C=O) groups is 1. The van der Waals surface area contributed by atoms with E-state index in [1.165, 1.54) is 19.3 Å². The molecule has 0 heterocycles. The van der Waals surface area contributed by atoms with Crippen molar-refractivity contribution < 1.29 is 9.90 Å². The highest BCUT2D eigenvalue weighted by molar-refractivity contribution is 5.94. The third-order valence-corrected chi connectivity index (χ3v) is 3.76. The van der Waals surface area contributed by atoms with Gasteiger partial charge in [-0.15, -0.1) is 0 Å². The normalized spacial score (nSPS) is 18.9. The summed E-state index contributed by atoms with van der Waals surface area (Å²) in [6.07, 6.45) is 5.63. The predicted molar refractivity (Wildman–Crippen MR) is 68.0 cm³/mol. The first-order chi connectivity index (χ1) is 8.18. The molecule has 0 amide bonds. The smallest absolute Gasteiger partial charge is 0.159 e. The molecule has 0 aliphatic heterocycles. The summed E-state index contributed by atoms with van der Waals surface area (Å²) in [6, 6.07) is 7.39. The van der Waals surface area contributed by atoms with E-state index in [2.05, 4.69) is 0 Å². The molecule has 17 heavy (non-hydrogen) atoms. The molecule has 0 saturated heterocycles. The molecule has 1 aromatic carbocycles. The minimum Gasteiger partial charge on any atom is -0.388 e. The van der Waals surface area contributed by atoms with Crippen LogP contribution in [-0.4, -0.2) is 10.9 Å². The molecule has 1 fully saturated rings. The van der Waals surface area contributed by atoms with Crippen LogP contribution in [0, 0.1) is 5.92 Å². The molecule has 0 spiro atoms. The summed E-state index contributed by atoms with van der Waals surface area (Å²) < 4.78 is 0. The number of carbonyl (C=O) groups excluding carboxylic acids is 1. The summed E-state index contributed by atoms with van der Waals surface area (Å²) in [5.74, 6) is 0.468. The van der Waals surface area contributed by atoms with Crippen LogP contribution in [-0.2, 0) is 0 Å². The van der Waals surface area contributed by atoms with Gasteiger partial charge in [0.05, 0.1) is 6.10 Å². The predicted octanol–water partition coefficient (Wildman–Crippen LogP) is 3.50. The van der Waals surface area contributed by atoms with Crippen LogP contribution in [0.2, 0.25) is 0 Å². The fraction of sp³-hybridized carbons (Fsp3) is 0.533. The number of hydrogen-bond donors (Lipinski definition) is 1. The van der Waals surface area contributed by atoms with Crippen molar-refractivity contribution in [1.82, 2.24) is 0 Å². The van der Waals surface area contributed by atoms with Crippen LogP contribution in [0.4, 0.5) is 0 Å². The third kappa shape index (κ3) is 2.95. The van der Waals surface area contributed by atoms with Crippen LogP contribution in [0.3, 0.4) is 0 Å². The van der Waals surface area contributed by atoms with Gasteiger partial charge >= 0.3 is 0 Å². The molecule has 1 unspecified atom stereocenters. The Hall–Kier alpha value is -1.15. The molecule has 2 heteroatoms. The van der Waals surface area contributed by atoms with Crippen LogP contribution in [0.15, 0.2) is 24.3 Å². The van der Waals surface area contributed by atoms with Crippen molar-refractivity contribution >= 4 is 5.78 Å². The van der Waals surface area contributed by atoms with Gasteiger partial charge in [0.15, 0.2) is 5.78 Å². The molecule has 2 rings (SSSR count). The number of ketones is 1. The fourth-order valence-corrected chi connectivity index (χ4v) is 2.64. The highest BCUT2D eigenvalue weighted by atomic mass is 16.3. The Morgan fingerprint density at radius 2 is 1.76 bits per heavy atom. The first-order valence-electron chi connectivity index (χ1n) is 6.47. The Labute approximate surface area is 103 Å². The van der Waals surface area contributed by atoms with Crippen molar-refractivity contribution in [1.29, 1.82) is 0 Å². The lowest BCUT2D eigenvalue weighted by Crippen LogP contribution is -2.15. The molecule has 92 valence electrons. The van der Waals surface area contributed by atoms with E-state index in [0.717, 1.165) is 18.4 Å². The van der Waals surface area contributed by atoms with E-state index in [9.17, 15) is 9.90 Å². The molecule has 2 nitrogen and oxygen atoms in total. The van der Waals surface area contributed by atoms with Crippen LogP contribution in [0.5, 0.6) is 0 Å². The molecule has 1 aliphatic rings. The molecule has 1 atom stereocenters. The number of rotatable bonds is 3. The lowest BCUT2D eigenvalue weighted by molar-refractivity contribution is 0.0847. The summed E-state index contributed by atoms with van der Waals surface area (Å²) in [5.41, 5.74) is 1.66. The highest BCUT2D eigenvalue weighted by Gasteiger charge is 2.22. The van der Waals surface area contributed by atoms with Crippen LogP contribution < -0.4 is 0 Å². The van der Waals surface area contributed by atoms with E-state index in [0.29, 0.717) is 11.5 Å². The van der Waals surface area contributed by atoms with E-state index < -0.39 is 0 Å². The molecule has 1 saturated carbocycles. The van der Waals surface area contributed by atoms with Gasteiger partial charge in [-0.05, 0) is 31.2 Å². The second kappa shape index (κ2) is 5.46. The van der Waals surface area contributed by atoms with Gasteiger partial charge < -0.3 is 5.11 Å². The summed E-state index contributed by atoms with van der Waals surface area (Å²) in [6.45, 7) is 1.56. The molecular weight excluding hydrogens is 212 g/mol. The maximum Gasteiger partial charge on any atom is 0.159 e. The Balaban J connectivity index is 2.07. The van der Waals surface area contributed by atoms with Gasteiger partial charge in [0.1, 0.15) is 0 Å². The molecule has 0 radical (unpaired) electrons. The molecule has 1 aromatic rings. The Kier molecular flexibility index (Phi) is 3.95. The molecular formula is C15H20O2. The van der Waals surface area contributed by atoms with E-state index >= 15 is 0 Å². The van der Waals surface area contributed by atoms with Crippen molar-refractivity contribution in [3.63, 3.8) is 0 Å². The molecule has 1 N–H and O–H groups in total. The van der Waals surface area contributed by atoms with E-state index in [1.54, 1.807) is 6.92 Å². The standard InChI is InChI=1S/C15H20O2/c1-11(16)12-7-9-14(10-8-12)15(17)13-5-3-2-4-6-13/h7-10,13,15,17H,2-6H2,1H3. The number of Topliss-reactive ketones (excluding diaryl/α,β-unsaturated/α-hetero) is 1. The van der Waals surface area contributed by atoms with Crippen molar-refractivity contribution in [2.45, 2.75) is 45.1 Å². The number of hydrogen-bond acceptors (Lipinski definition) is 2. The molecule has 0 bridgehead atoms. The van der Waals surface area contributed by atoms with Gasteiger partial charge in [-0.2, -0.15) is 0 Å². The number of benzene rings is 1. The lowest BCUT2D eigenvalue weighted by Gasteiger charge is -2.26. The monoisotopic (exact) mass is 232 g/mol. The SMILES string of the molecule is CC(=O)c1ccc(C(O)C2CCCCC2)cc1. The average molecular weight is 232 g/mol. The van der Waals surface area contributed by atoms with Gasteiger partial charge in [0, 0.05) is 5.56 Å². The Bertz CT molecular complexity index is 374. The maximum absolute atomic E-state index is 11.2. The van der Waals surface area contributed by atoms with Crippen molar-refractivity contribution in [3.8, 4) is 0 Å². The molecule has 1 aliphatic carbocycles. The van der Waals surface area contributed by atoms with E-state index in [4.69, 9.17) is 0 Å². The second-order valence-corrected chi connectivity index (χ2v) is 5.02. The minimum atomic E-state index is -0.365.